The molecule has 0 bridgehead atoms. The van der Waals surface area contributed by atoms with Crippen LogP contribution in [0, 0.1) is 0 Å². The molecule has 2 N–H and O–H groups in total. The summed E-state index contributed by atoms with van der Waals surface area (Å²) in [7, 11) is 3.82. The number of benzene rings is 2. The summed E-state index contributed by atoms with van der Waals surface area (Å²) in [6.07, 6.45) is 6.70. The van der Waals surface area contributed by atoms with Crippen LogP contribution in [-0.2, 0) is 22.7 Å². The Morgan fingerprint density at radius 2 is 1.70 bits per heavy atom. The number of hydrogen-bond donors (Lipinski definition) is 2. The molecule has 1 atom stereocenters. The molecule has 2 aromatic carbocycles. The van der Waals surface area contributed by atoms with E-state index in [-0.39, 0.29) is 24.3 Å². The number of nitrogens with zero attached hydrogens (tertiary/aromatic N) is 1. The Morgan fingerprint density at radius 1 is 1.03 bits per heavy atom. The molecule has 1 unspecified atom stereocenters. The van der Waals surface area contributed by atoms with Crippen molar-refractivity contribution in [3.8, 4) is 5.75 Å². The summed E-state index contributed by atoms with van der Waals surface area (Å²) in [4.78, 5) is 27.0. The van der Waals surface area contributed by atoms with Crippen molar-refractivity contribution >= 4 is 11.8 Å². The Hall–Kier alpha value is -2.86. The number of rotatable bonds is 10. The zero-order valence-electron chi connectivity index (χ0n) is 20.1. The van der Waals surface area contributed by atoms with Crippen molar-refractivity contribution in [2.75, 3.05) is 14.2 Å². The van der Waals surface area contributed by atoms with Gasteiger partial charge in [0, 0.05) is 26.1 Å². The van der Waals surface area contributed by atoms with Crippen LogP contribution in [0.5, 0.6) is 5.75 Å². The molecule has 1 fully saturated rings. The molecule has 1 saturated carbocycles. The van der Waals surface area contributed by atoms with Crippen LogP contribution in [0.2, 0.25) is 0 Å². The maximum atomic E-state index is 12.8. The van der Waals surface area contributed by atoms with E-state index in [1.807, 2.05) is 30.3 Å². The molecule has 33 heavy (non-hydrogen) atoms. The van der Waals surface area contributed by atoms with E-state index < -0.39 is 0 Å². The fraction of sp³-hybridized carbons (Fsp3) is 0.481. The number of carbonyl (C=O) groups excluding carboxylic acids is 2. The Labute approximate surface area is 197 Å². The molecule has 3 rings (SSSR count). The third-order valence-electron chi connectivity index (χ3n) is 6.50. The molecule has 6 nitrogen and oxygen atoms in total. The number of nitrogens with one attached hydrogen (secondary N) is 2. The van der Waals surface area contributed by atoms with Crippen LogP contribution in [0.3, 0.4) is 0 Å². The van der Waals surface area contributed by atoms with Crippen molar-refractivity contribution in [3.63, 3.8) is 0 Å². The maximum Gasteiger partial charge on any atom is 0.222 e. The molecule has 0 saturated heterocycles. The largest absolute Gasteiger partial charge is 0.497 e. The van der Waals surface area contributed by atoms with Crippen LogP contribution in [-0.4, -0.2) is 36.9 Å². The smallest absolute Gasteiger partial charge is 0.222 e. The van der Waals surface area contributed by atoms with Gasteiger partial charge in [-0.3, -0.25) is 14.5 Å². The lowest BCUT2D eigenvalue weighted by atomic mass is 9.94. The van der Waals surface area contributed by atoms with E-state index >= 15 is 0 Å². The summed E-state index contributed by atoms with van der Waals surface area (Å²) in [6, 6.07) is 16.0. The molecular weight excluding hydrogens is 414 g/mol. The van der Waals surface area contributed by atoms with Crippen LogP contribution in [0.1, 0.15) is 68.2 Å². The Bertz CT molecular complexity index is 907. The lowest BCUT2D eigenvalue weighted by molar-refractivity contribution is -0.122. The maximum absolute atomic E-state index is 12.8. The molecule has 0 aromatic heterocycles. The van der Waals surface area contributed by atoms with Gasteiger partial charge in [-0.2, -0.15) is 0 Å². The van der Waals surface area contributed by atoms with Crippen molar-refractivity contribution in [2.24, 2.45) is 0 Å². The molecule has 0 aliphatic heterocycles. The molecule has 178 valence electrons. The van der Waals surface area contributed by atoms with E-state index in [4.69, 9.17) is 4.74 Å². The van der Waals surface area contributed by atoms with Gasteiger partial charge in [0.25, 0.3) is 0 Å². The first-order valence-corrected chi connectivity index (χ1v) is 11.9. The van der Waals surface area contributed by atoms with E-state index in [1.54, 1.807) is 7.11 Å². The summed E-state index contributed by atoms with van der Waals surface area (Å²) in [5.74, 6) is 0.472. The summed E-state index contributed by atoms with van der Waals surface area (Å²) in [5, 5.41) is 5.94. The highest BCUT2D eigenvalue weighted by atomic mass is 16.5. The summed E-state index contributed by atoms with van der Waals surface area (Å²) < 4.78 is 5.21. The van der Waals surface area contributed by atoms with Crippen molar-refractivity contribution in [2.45, 2.75) is 70.6 Å². The average Bonchev–Trinajstić information content (AvgIpc) is 2.83. The van der Waals surface area contributed by atoms with Crippen LogP contribution in [0.15, 0.2) is 48.5 Å². The number of ether oxygens (including phenoxy) is 1. The first-order valence-electron chi connectivity index (χ1n) is 11.9. The van der Waals surface area contributed by atoms with E-state index in [1.165, 1.54) is 44.6 Å². The predicted molar refractivity (Wildman–Crippen MR) is 131 cm³/mol. The highest BCUT2D eigenvalue weighted by Crippen LogP contribution is 2.24. The molecule has 2 amide bonds. The number of carbonyl (C=O) groups is 2. The third kappa shape index (κ3) is 7.60. The lowest BCUT2D eigenvalue weighted by Crippen LogP contribution is -2.34. The average molecular weight is 452 g/mol. The second-order valence-corrected chi connectivity index (χ2v) is 8.98. The van der Waals surface area contributed by atoms with Gasteiger partial charge in [0.05, 0.1) is 19.6 Å². The first-order chi connectivity index (χ1) is 16.0. The van der Waals surface area contributed by atoms with Crippen molar-refractivity contribution in [1.82, 2.24) is 15.5 Å². The topological polar surface area (TPSA) is 70.7 Å². The molecule has 0 radical (unpaired) electrons. The van der Waals surface area contributed by atoms with Gasteiger partial charge in [-0.15, -0.1) is 0 Å². The second-order valence-electron chi connectivity index (χ2n) is 8.98. The summed E-state index contributed by atoms with van der Waals surface area (Å²) >= 11 is 0. The van der Waals surface area contributed by atoms with Gasteiger partial charge in [0.1, 0.15) is 5.75 Å². The molecule has 1 aliphatic carbocycles. The van der Waals surface area contributed by atoms with Gasteiger partial charge in [-0.25, -0.2) is 0 Å². The number of hydrogen-bond acceptors (Lipinski definition) is 4. The Morgan fingerprint density at radius 3 is 2.33 bits per heavy atom. The quantitative estimate of drug-likeness (QED) is 0.564. The minimum absolute atomic E-state index is 0.0972. The molecular formula is C27H37N3O3. The van der Waals surface area contributed by atoms with Gasteiger partial charge < -0.3 is 15.4 Å². The zero-order valence-corrected chi connectivity index (χ0v) is 20.1. The van der Waals surface area contributed by atoms with Crippen LogP contribution in [0.4, 0.5) is 0 Å². The predicted octanol–water partition coefficient (Wildman–Crippen LogP) is 4.34. The van der Waals surface area contributed by atoms with Crippen molar-refractivity contribution in [1.29, 1.82) is 0 Å². The summed E-state index contributed by atoms with van der Waals surface area (Å²) in [5.41, 5.74) is 3.25. The van der Waals surface area contributed by atoms with Crippen LogP contribution in [0.25, 0.3) is 0 Å². The highest BCUT2D eigenvalue weighted by molar-refractivity contribution is 5.79. The van der Waals surface area contributed by atoms with Gasteiger partial charge in [0.2, 0.25) is 11.8 Å². The summed E-state index contributed by atoms with van der Waals surface area (Å²) in [6.45, 7) is 2.83. The fourth-order valence-electron chi connectivity index (χ4n) is 4.59. The molecule has 2 aromatic rings. The van der Waals surface area contributed by atoms with Gasteiger partial charge >= 0.3 is 0 Å². The van der Waals surface area contributed by atoms with Crippen LogP contribution < -0.4 is 15.4 Å². The highest BCUT2D eigenvalue weighted by Gasteiger charge is 2.20. The normalized spacial score (nSPS) is 15.2. The van der Waals surface area contributed by atoms with Crippen LogP contribution >= 0.6 is 0 Å². The third-order valence-corrected chi connectivity index (χ3v) is 6.50. The number of amides is 2. The lowest BCUT2D eigenvalue weighted by Gasteiger charge is -2.31. The Kier molecular flexibility index (Phi) is 9.31. The first kappa shape index (κ1) is 24.8. The van der Waals surface area contributed by atoms with E-state index in [0.717, 1.165) is 23.4 Å². The SMILES string of the molecule is COc1ccc(C(CC(=O)NCc2ccccc2CN(C)C2CCCCC2)NC(C)=O)cc1. The van der Waals surface area contributed by atoms with E-state index in [2.05, 4.69) is 40.8 Å². The fourth-order valence-corrected chi connectivity index (χ4v) is 4.59. The van der Waals surface area contributed by atoms with Gasteiger partial charge in [-0.1, -0.05) is 55.7 Å². The second kappa shape index (κ2) is 12.4. The van der Waals surface area contributed by atoms with E-state index in [9.17, 15) is 9.59 Å². The van der Waals surface area contributed by atoms with Gasteiger partial charge in [-0.05, 0) is 48.7 Å². The molecule has 1 aliphatic rings. The number of methoxy groups -OCH3 is 1. The van der Waals surface area contributed by atoms with Crippen molar-refractivity contribution < 1.29 is 14.3 Å². The standard InChI is InChI=1S/C27H37N3O3/c1-20(31)29-26(21-13-15-25(33-3)16-14-21)17-27(32)28-18-22-9-7-8-10-23(22)19-30(2)24-11-5-4-6-12-24/h7-10,13-16,24,26H,4-6,11-12,17-19H2,1-3H3,(H,28,32)(H,29,31). The Balaban J connectivity index is 1.60. The van der Waals surface area contributed by atoms with Gasteiger partial charge in [0.15, 0.2) is 0 Å². The molecule has 6 heteroatoms. The van der Waals surface area contributed by atoms with E-state index in [0.29, 0.717) is 12.6 Å². The zero-order chi connectivity index (χ0) is 23.6. The minimum atomic E-state index is -0.388. The minimum Gasteiger partial charge on any atom is -0.497 e. The molecule has 0 spiro atoms. The molecule has 0 heterocycles. The van der Waals surface area contributed by atoms with Crippen molar-refractivity contribution in [3.05, 3.63) is 65.2 Å². The monoisotopic (exact) mass is 451 g/mol.